The lowest BCUT2D eigenvalue weighted by Crippen LogP contribution is -2.48. The number of guanidine groups is 1. The van der Waals surface area contributed by atoms with Crippen LogP contribution in [0.1, 0.15) is 57.7 Å². The SMILES string of the molecule is CCNC(=NCCCC1CCCC1)NCCC(O)(c1nccn1C)C(F)(F)F. The number of aryl methyl sites for hydroxylation is 1. The van der Waals surface area contributed by atoms with Crippen LogP contribution in [0.15, 0.2) is 17.4 Å². The highest BCUT2D eigenvalue weighted by molar-refractivity contribution is 5.79. The van der Waals surface area contributed by atoms with Gasteiger partial charge in [0.05, 0.1) is 0 Å². The van der Waals surface area contributed by atoms with E-state index in [4.69, 9.17) is 0 Å². The van der Waals surface area contributed by atoms with Crippen molar-refractivity contribution < 1.29 is 18.3 Å². The van der Waals surface area contributed by atoms with Crippen molar-refractivity contribution in [1.29, 1.82) is 0 Å². The Bertz CT molecular complexity index is 625. The highest BCUT2D eigenvalue weighted by Crippen LogP contribution is 2.40. The van der Waals surface area contributed by atoms with E-state index in [1.165, 1.54) is 49.7 Å². The molecule has 3 N–H and O–H groups in total. The van der Waals surface area contributed by atoms with Crippen LogP contribution < -0.4 is 10.6 Å². The molecule has 1 heterocycles. The molecule has 160 valence electrons. The summed E-state index contributed by atoms with van der Waals surface area (Å²) >= 11 is 0. The molecule has 1 aliphatic carbocycles. The average molecular weight is 403 g/mol. The molecule has 0 aliphatic heterocycles. The number of aliphatic imine (C=N–C) groups is 1. The zero-order valence-electron chi connectivity index (χ0n) is 16.7. The van der Waals surface area contributed by atoms with Gasteiger partial charge in [-0.3, -0.25) is 4.99 Å². The fourth-order valence-corrected chi connectivity index (χ4v) is 3.72. The maximum atomic E-state index is 13.5. The first-order valence-electron chi connectivity index (χ1n) is 10.1. The smallest absolute Gasteiger partial charge is 0.374 e. The Morgan fingerprint density at radius 3 is 2.61 bits per heavy atom. The molecule has 2 rings (SSSR count). The molecule has 1 aromatic rings. The van der Waals surface area contributed by atoms with Crippen LogP contribution in [-0.2, 0) is 12.6 Å². The van der Waals surface area contributed by atoms with Crippen molar-refractivity contribution in [2.45, 2.75) is 63.6 Å². The molecule has 0 bridgehead atoms. The van der Waals surface area contributed by atoms with E-state index in [0.29, 0.717) is 19.0 Å². The summed E-state index contributed by atoms with van der Waals surface area (Å²) in [6.45, 7) is 3.05. The summed E-state index contributed by atoms with van der Waals surface area (Å²) in [6.07, 6.45) is 4.59. The summed E-state index contributed by atoms with van der Waals surface area (Å²) in [7, 11) is 1.43. The lowest BCUT2D eigenvalue weighted by molar-refractivity contribution is -0.272. The van der Waals surface area contributed by atoms with Gasteiger partial charge in [-0.05, 0) is 25.7 Å². The molecule has 1 unspecified atom stereocenters. The first kappa shape index (κ1) is 22.5. The molecule has 1 saturated carbocycles. The third kappa shape index (κ3) is 5.86. The largest absolute Gasteiger partial charge is 0.424 e. The first-order valence-corrected chi connectivity index (χ1v) is 10.1. The molecule has 9 heteroatoms. The molecule has 0 spiro atoms. The van der Waals surface area contributed by atoms with Gasteiger partial charge in [0.25, 0.3) is 0 Å². The predicted octanol–water partition coefficient (Wildman–Crippen LogP) is 3.09. The number of aliphatic hydroxyl groups is 1. The van der Waals surface area contributed by atoms with E-state index < -0.39 is 24.0 Å². The summed E-state index contributed by atoms with van der Waals surface area (Å²) in [5.41, 5.74) is -3.02. The molecule has 28 heavy (non-hydrogen) atoms. The molecule has 0 aromatic carbocycles. The minimum atomic E-state index is -4.83. The number of halogens is 3. The van der Waals surface area contributed by atoms with Gasteiger partial charge in [-0.15, -0.1) is 0 Å². The average Bonchev–Trinajstić information content (AvgIpc) is 3.29. The monoisotopic (exact) mass is 403 g/mol. The fourth-order valence-electron chi connectivity index (χ4n) is 3.72. The second-order valence-electron chi connectivity index (χ2n) is 7.45. The Morgan fingerprint density at radius 1 is 1.32 bits per heavy atom. The van der Waals surface area contributed by atoms with Crippen molar-refractivity contribution in [1.82, 2.24) is 20.2 Å². The first-order chi connectivity index (χ1) is 13.3. The van der Waals surface area contributed by atoms with E-state index in [1.54, 1.807) is 0 Å². The highest BCUT2D eigenvalue weighted by Gasteiger charge is 2.57. The van der Waals surface area contributed by atoms with Gasteiger partial charge in [0.1, 0.15) is 5.82 Å². The van der Waals surface area contributed by atoms with E-state index in [9.17, 15) is 18.3 Å². The molecule has 1 fully saturated rings. The molecule has 1 atom stereocenters. The minimum Gasteiger partial charge on any atom is -0.374 e. The lowest BCUT2D eigenvalue weighted by Gasteiger charge is -2.30. The van der Waals surface area contributed by atoms with Crippen molar-refractivity contribution in [3.8, 4) is 0 Å². The van der Waals surface area contributed by atoms with Gasteiger partial charge in [0.2, 0.25) is 5.60 Å². The van der Waals surface area contributed by atoms with Gasteiger partial charge in [-0.25, -0.2) is 4.98 Å². The molecular weight excluding hydrogens is 371 g/mol. The zero-order chi connectivity index (χ0) is 20.6. The van der Waals surface area contributed by atoms with Crippen LogP contribution in [0.25, 0.3) is 0 Å². The van der Waals surface area contributed by atoms with Crippen molar-refractivity contribution in [3.05, 3.63) is 18.2 Å². The summed E-state index contributed by atoms with van der Waals surface area (Å²) in [4.78, 5) is 8.15. The molecule has 0 saturated heterocycles. The Hall–Kier alpha value is -1.77. The normalized spacial score (nSPS) is 18.3. The minimum absolute atomic E-state index is 0.0860. The number of alkyl halides is 3. The van der Waals surface area contributed by atoms with E-state index in [0.717, 1.165) is 18.8 Å². The third-order valence-corrected chi connectivity index (χ3v) is 5.30. The van der Waals surface area contributed by atoms with Crippen LogP contribution in [0.5, 0.6) is 0 Å². The quantitative estimate of drug-likeness (QED) is 0.337. The number of imidazole rings is 1. The van der Waals surface area contributed by atoms with Gasteiger partial charge in [-0.1, -0.05) is 25.7 Å². The van der Waals surface area contributed by atoms with E-state index in [2.05, 4.69) is 20.6 Å². The highest BCUT2D eigenvalue weighted by atomic mass is 19.4. The maximum Gasteiger partial charge on any atom is 0.424 e. The number of rotatable bonds is 9. The van der Waals surface area contributed by atoms with Gasteiger partial charge >= 0.3 is 6.18 Å². The maximum absolute atomic E-state index is 13.5. The Balaban J connectivity index is 1.90. The molecule has 1 aliphatic rings. The Morgan fingerprint density at radius 2 is 2.04 bits per heavy atom. The molecular formula is C19H32F3N5O. The van der Waals surface area contributed by atoms with E-state index in [-0.39, 0.29) is 6.54 Å². The fraction of sp³-hybridized carbons (Fsp3) is 0.789. The van der Waals surface area contributed by atoms with Crippen LogP contribution in [0.3, 0.4) is 0 Å². The number of aromatic nitrogens is 2. The Labute approximate surface area is 164 Å². The second kappa shape index (κ2) is 10.1. The van der Waals surface area contributed by atoms with Crippen LogP contribution in [0, 0.1) is 5.92 Å². The van der Waals surface area contributed by atoms with Gasteiger partial charge in [0, 0.05) is 45.5 Å². The van der Waals surface area contributed by atoms with Gasteiger partial charge < -0.3 is 20.3 Å². The van der Waals surface area contributed by atoms with Crippen molar-refractivity contribution in [3.63, 3.8) is 0 Å². The van der Waals surface area contributed by atoms with Crippen molar-refractivity contribution in [2.75, 3.05) is 19.6 Å². The standard InChI is InChI=1S/C19H32F3N5O/c1-3-23-17(25-11-6-9-15-7-4-5-8-15)26-12-10-18(28,19(20,21)22)16-24-13-14-27(16)2/h13-15,28H,3-12H2,1-2H3,(H2,23,25,26). The number of hydrogen-bond donors (Lipinski definition) is 3. The predicted molar refractivity (Wildman–Crippen MR) is 103 cm³/mol. The lowest BCUT2D eigenvalue weighted by atomic mass is 9.97. The molecule has 6 nitrogen and oxygen atoms in total. The summed E-state index contributed by atoms with van der Waals surface area (Å²) in [5, 5.41) is 16.3. The van der Waals surface area contributed by atoms with Crippen LogP contribution in [0.2, 0.25) is 0 Å². The van der Waals surface area contributed by atoms with E-state index in [1.807, 2.05) is 6.92 Å². The van der Waals surface area contributed by atoms with Gasteiger partial charge in [-0.2, -0.15) is 13.2 Å². The number of nitrogens with one attached hydrogen (secondary N) is 2. The summed E-state index contributed by atoms with van der Waals surface area (Å²) in [6, 6.07) is 0. The third-order valence-electron chi connectivity index (χ3n) is 5.30. The summed E-state index contributed by atoms with van der Waals surface area (Å²) in [5.74, 6) is 0.851. The van der Waals surface area contributed by atoms with Crippen molar-refractivity contribution >= 4 is 5.96 Å². The second-order valence-corrected chi connectivity index (χ2v) is 7.45. The topological polar surface area (TPSA) is 74.5 Å². The summed E-state index contributed by atoms with van der Waals surface area (Å²) < 4.78 is 41.8. The molecule has 0 amide bonds. The zero-order valence-corrected chi connectivity index (χ0v) is 16.7. The van der Waals surface area contributed by atoms with Crippen LogP contribution in [0.4, 0.5) is 13.2 Å². The van der Waals surface area contributed by atoms with Gasteiger partial charge in [0.15, 0.2) is 5.96 Å². The van der Waals surface area contributed by atoms with Crippen molar-refractivity contribution in [2.24, 2.45) is 18.0 Å². The number of hydrogen-bond acceptors (Lipinski definition) is 3. The Kier molecular flexibility index (Phi) is 8.15. The molecule has 0 radical (unpaired) electrons. The van der Waals surface area contributed by atoms with Crippen LogP contribution >= 0.6 is 0 Å². The molecule has 1 aromatic heterocycles. The van der Waals surface area contributed by atoms with E-state index >= 15 is 0 Å². The number of nitrogens with zero attached hydrogens (tertiary/aromatic N) is 3. The van der Waals surface area contributed by atoms with Crippen LogP contribution in [-0.4, -0.2) is 46.4 Å².